The quantitative estimate of drug-likeness (QED) is 0.493. The number of amides is 2. The number of hydrogen-bond donors (Lipinski definition) is 1. The molecule has 1 N–H and O–H groups in total. The second-order valence-electron chi connectivity index (χ2n) is 9.34. The Kier molecular flexibility index (Phi) is 9.37. The number of hydrogen-bond acceptors (Lipinski definition) is 5. The standard InChI is InChI=1S/C27H37N3O5S/c1-5-24(27(32)28-22-13-7-8-14-22)29(18-21-12-10-15-23(17-21)35-3)26(31)19-30(36(4,33)34)25-16-9-6-11-20(25)2/h6,9-12,15-17,22,24H,5,7-8,13-14,18-19H2,1-4H3,(H,28,32)/t24-/m0/s1. The van der Waals surface area contributed by atoms with E-state index in [1.807, 2.05) is 37.3 Å². The summed E-state index contributed by atoms with van der Waals surface area (Å²) < 4.78 is 31.9. The minimum atomic E-state index is -3.76. The van der Waals surface area contributed by atoms with E-state index < -0.39 is 28.5 Å². The average molecular weight is 516 g/mol. The Morgan fingerprint density at radius 1 is 1.11 bits per heavy atom. The van der Waals surface area contributed by atoms with Crippen LogP contribution >= 0.6 is 0 Å². The molecule has 1 saturated carbocycles. The summed E-state index contributed by atoms with van der Waals surface area (Å²) in [5.41, 5.74) is 1.97. The van der Waals surface area contributed by atoms with Crippen LogP contribution in [-0.2, 0) is 26.2 Å². The number of nitrogens with one attached hydrogen (secondary N) is 1. The van der Waals surface area contributed by atoms with Crippen molar-refractivity contribution in [1.29, 1.82) is 0 Å². The molecule has 8 nitrogen and oxygen atoms in total. The van der Waals surface area contributed by atoms with Crippen LogP contribution in [0, 0.1) is 6.92 Å². The molecule has 0 unspecified atom stereocenters. The molecule has 36 heavy (non-hydrogen) atoms. The van der Waals surface area contributed by atoms with E-state index in [-0.39, 0.29) is 18.5 Å². The van der Waals surface area contributed by atoms with Gasteiger partial charge in [-0.3, -0.25) is 13.9 Å². The maximum Gasteiger partial charge on any atom is 0.244 e. The molecule has 2 aromatic rings. The first-order valence-electron chi connectivity index (χ1n) is 12.4. The normalized spacial score (nSPS) is 14.8. The first-order valence-corrected chi connectivity index (χ1v) is 14.2. The number of ether oxygens (including phenoxy) is 1. The first-order chi connectivity index (χ1) is 17.1. The summed E-state index contributed by atoms with van der Waals surface area (Å²) in [7, 11) is -2.19. The molecule has 0 heterocycles. The van der Waals surface area contributed by atoms with Gasteiger partial charge in [-0.1, -0.05) is 50.1 Å². The van der Waals surface area contributed by atoms with Gasteiger partial charge in [0, 0.05) is 12.6 Å². The number of benzene rings is 2. The summed E-state index contributed by atoms with van der Waals surface area (Å²) in [5, 5.41) is 3.11. The number of aryl methyl sites for hydroxylation is 1. The van der Waals surface area contributed by atoms with Crippen molar-refractivity contribution in [3.8, 4) is 5.75 Å². The van der Waals surface area contributed by atoms with Crippen LogP contribution in [0.2, 0.25) is 0 Å². The van der Waals surface area contributed by atoms with E-state index in [4.69, 9.17) is 4.74 Å². The van der Waals surface area contributed by atoms with Crippen LogP contribution in [0.25, 0.3) is 0 Å². The van der Waals surface area contributed by atoms with Crippen LogP contribution in [0.5, 0.6) is 5.75 Å². The van der Waals surface area contributed by atoms with Crippen LogP contribution in [0.4, 0.5) is 5.69 Å². The van der Waals surface area contributed by atoms with Crippen molar-refractivity contribution in [3.05, 3.63) is 59.7 Å². The fourth-order valence-corrected chi connectivity index (χ4v) is 5.60. The fraction of sp³-hybridized carbons (Fsp3) is 0.481. The van der Waals surface area contributed by atoms with Crippen molar-refractivity contribution in [2.75, 3.05) is 24.2 Å². The number of anilines is 1. The van der Waals surface area contributed by atoms with Crippen LogP contribution < -0.4 is 14.4 Å². The van der Waals surface area contributed by atoms with Gasteiger partial charge in [-0.05, 0) is 55.5 Å². The molecular formula is C27H37N3O5S. The van der Waals surface area contributed by atoms with Gasteiger partial charge in [-0.25, -0.2) is 8.42 Å². The third kappa shape index (κ3) is 7.00. The Labute approximate surface area is 214 Å². The van der Waals surface area contributed by atoms with E-state index in [2.05, 4.69) is 5.32 Å². The third-order valence-electron chi connectivity index (χ3n) is 6.64. The molecule has 0 radical (unpaired) electrons. The number of carbonyl (C=O) groups excluding carboxylic acids is 2. The summed E-state index contributed by atoms with van der Waals surface area (Å²) >= 11 is 0. The zero-order chi connectivity index (χ0) is 26.3. The van der Waals surface area contributed by atoms with Gasteiger partial charge >= 0.3 is 0 Å². The minimum Gasteiger partial charge on any atom is -0.497 e. The van der Waals surface area contributed by atoms with Crippen molar-refractivity contribution < 1.29 is 22.7 Å². The molecule has 0 spiro atoms. The number of sulfonamides is 1. The van der Waals surface area contributed by atoms with E-state index in [0.29, 0.717) is 17.9 Å². The van der Waals surface area contributed by atoms with Gasteiger partial charge in [-0.2, -0.15) is 0 Å². The molecule has 2 aromatic carbocycles. The van der Waals surface area contributed by atoms with Crippen LogP contribution in [0.15, 0.2) is 48.5 Å². The van der Waals surface area contributed by atoms with E-state index in [0.717, 1.165) is 47.4 Å². The summed E-state index contributed by atoms with van der Waals surface area (Å²) in [5.74, 6) is -0.0107. The number of rotatable bonds is 11. The zero-order valence-electron chi connectivity index (χ0n) is 21.6. The predicted molar refractivity (Wildman–Crippen MR) is 141 cm³/mol. The molecule has 2 amide bonds. The molecule has 1 aliphatic rings. The number of nitrogens with zero attached hydrogens (tertiary/aromatic N) is 2. The van der Waals surface area contributed by atoms with Gasteiger partial charge in [0.15, 0.2) is 0 Å². The van der Waals surface area contributed by atoms with Crippen molar-refractivity contribution in [3.63, 3.8) is 0 Å². The average Bonchev–Trinajstić information content (AvgIpc) is 3.35. The Bertz CT molecular complexity index is 1160. The lowest BCUT2D eigenvalue weighted by Crippen LogP contribution is -2.53. The lowest BCUT2D eigenvalue weighted by Gasteiger charge is -2.33. The predicted octanol–water partition coefficient (Wildman–Crippen LogP) is 3.64. The Hall–Kier alpha value is -3.07. The van der Waals surface area contributed by atoms with E-state index >= 15 is 0 Å². The van der Waals surface area contributed by atoms with Gasteiger partial charge in [0.25, 0.3) is 0 Å². The van der Waals surface area contributed by atoms with Gasteiger partial charge < -0.3 is 15.0 Å². The highest BCUT2D eigenvalue weighted by molar-refractivity contribution is 7.92. The molecule has 3 rings (SSSR count). The Balaban J connectivity index is 1.94. The second kappa shape index (κ2) is 12.3. The lowest BCUT2D eigenvalue weighted by atomic mass is 10.1. The van der Waals surface area contributed by atoms with E-state index in [1.54, 1.807) is 32.2 Å². The Morgan fingerprint density at radius 3 is 2.42 bits per heavy atom. The van der Waals surface area contributed by atoms with E-state index in [1.165, 1.54) is 4.90 Å². The maximum absolute atomic E-state index is 13.8. The first kappa shape index (κ1) is 27.5. The molecule has 196 valence electrons. The third-order valence-corrected chi connectivity index (χ3v) is 7.76. The van der Waals surface area contributed by atoms with Crippen molar-refractivity contribution in [1.82, 2.24) is 10.2 Å². The van der Waals surface area contributed by atoms with Gasteiger partial charge in [0.1, 0.15) is 18.3 Å². The largest absolute Gasteiger partial charge is 0.497 e. The van der Waals surface area contributed by atoms with Gasteiger partial charge in [0.2, 0.25) is 21.8 Å². The number of methoxy groups -OCH3 is 1. The monoisotopic (exact) mass is 515 g/mol. The van der Waals surface area contributed by atoms with Gasteiger partial charge in [0.05, 0.1) is 19.1 Å². The number of para-hydroxylation sites is 1. The van der Waals surface area contributed by atoms with Crippen molar-refractivity contribution in [2.24, 2.45) is 0 Å². The van der Waals surface area contributed by atoms with Crippen molar-refractivity contribution in [2.45, 2.75) is 64.6 Å². The SMILES string of the molecule is CC[C@@H](C(=O)NC1CCCC1)N(Cc1cccc(OC)c1)C(=O)CN(c1ccccc1C)S(C)(=O)=O. The highest BCUT2D eigenvalue weighted by atomic mass is 32.2. The maximum atomic E-state index is 13.8. The second-order valence-corrected chi connectivity index (χ2v) is 11.3. The molecule has 0 aromatic heterocycles. The summed E-state index contributed by atoms with van der Waals surface area (Å²) in [6.07, 6.45) is 5.50. The summed E-state index contributed by atoms with van der Waals surface area (Å²) in [6, 6.07) is 13.7. The highest BCUT2D eigenvalue weighted by Gasteiger charge is 2.33. The lowest BCUT2D eigenvalue weighted by molar-refractivity contribution is -0.140. The molecule has 0 saturated heterocycles. The van der Waals surface area contributed by atoms with Crippen LogP contribution in [0.3, 0.4) is 0 Å². The topological polar surface area (TPSA) is 96.0 Å². The molecular weight excluding hydrogens is 478 g/mol. The number of carbonyl (C=O) groups is 2. The fourth-order valence-electron chi connectivity index (χ4n) is 4.69. The molecule has 1 aliphatic carbocycles. The molecule has 9 heteroatoms. The van der Waals surface area contributed by atoms with Crippen LogP contribution in [-0.4, -0.2) is 57.1 Å². The molecule has 0 bridgehead atoms. The minimum absolute atomic E-state index is 0.111. The molecule has 0 aliphatic heterocycles. The molecule has 1 atom stereocenters. The summed E-state index contributed by atoms with van der Waals surface area (Å²) in [6.45, 7) is 3.41. The highest BCUT2D eigenvalue weighted by Crippen LogP contribution is 2.24. The smallest absolute Gasteiger partial charge is 0.244 e. The van der Waals surface area contributed by atoms with Gasteiger partial charge in [-0.15, -0.1) is 0 Å². The van der Waals surface area contributed by atoms with Crippen LogP contribution in [0.1, 0.15) is 50.2 Å². The van der Waals surface area contributed by atoms with Crippen molar-refractivity contribution >= 4 is 27.5 Å². The molecule has 1 fully saturated rings. The van der Waals surface area contributed by atoms with E-state index in [9.17, 15) is 18.0 Å². The Morgan fingerprint density at radius 2 is 1.81 bits per heavy atom. The zero-order valence-corrected chi connectivity index (χ0v) is 22.4. The summed E-state index contributed by atoms with van der Waals surface area (Å²) in [4.78, 5) is 28.6.